The van der Waals surface area contributed by atoms with E-state index < -0.39 is 37.0 Å². The molecule has 0 saturated carbocycles. The van der Waals surface area contributed by atoms with E-state index in [0.29, 0.717) is 19.4 Å². The highest BCUT2D eigenvalue weighted by Gasteiger charge is 2.28. The highest BCUT2D eigenvalue weighted by molar-refractivity contribution is 5.82. The van der Waals surface area contributed by atoms with E-state index in [4.69, 9.17) is 14.6 Å². The van der Waals surface area contributed by atoms with Crippen molar-refractivity contribution >= 4 is 5.97 Å². The lowest BCUT2D eigenvalue weighted by Gasteiger charge is -2.24. The normalized spacial score (nSPS) is 19.5. The van der Waals surface area contributed by atoms with E-state index in [1.165, 1.54) is 0 Å². The summed E-state index contributed by atoms with van der Waals surface area (Å²) in [5, 5.41) is 46.6. The molecule has 0 aromatic rings. The average molecular weight is 350 g/mol. The van der Waals surface area contributed by atoms with Gasteiger partial charge in [0.15, 0.2) is 0 Å². The van der Waals surface area contributed by atoms with Gasteiger partial charge in [-0.05, 0) is 26.3 Å². The summed E-state index contributed by atoms with van der Waals surface area (Å²) >= 11 is 0. The molecule has 0 spiro atoms. The van der Waals surface area contributed by atoms with Gasteiger partial charge < -0.3 is 35.0 Å². The first-order valence-corrected chi connectivity index (χ1v) is 8.10. The summed E-state index contributed by atoms with van der Waals surface area (Å²) in [7, 11) is 0. The molecule has 24 heavy (non-hydrogen) atoms. The molecule has 0 bridgehead atoms. The molecule has 0 amide bonds. The van der Waals surface area contributed by atoms with Crippen LogP contribution in [0.5, 0.6) is 0 Å². The number of hydrogen-bond acceptors (Lipinski definition) is 8. The third kappa shape index (κ3) is 8.72. The van der Waals surface area contributed by atoms with Crippen LogP contribution in [0.4, 0.5) is 0 Å². The predicted molar refractivity (Wildman–Crippen MR) is 86.1 cm³/mol. The zero-order chi connectivity index (χ0) is 18.7. The van der Waals surface area contributed by atoms with Gasteiger partial charge in [-0.2, -0.15) is 0 Å². The van der Waals surface area contributed by atoms with Crippen LogP contribution in [-0.2, 0) is 14.3 Å². The molecule has 0 rings (SSSR count). The zero-order valence-electron chi connectivity index (χ0n) is 14.4. The fraction of sp³-hybridized carbons (Fsp3) is 0.812. The third-order valence-corrected chi connectivity index (χ3v) is 3.49. The first kappa shape index (κ1) is 23.0. The monoisotopic (exact) mass is 350 g/mol. The quantitative estimate of drug-likeness (QED) is 0.226. The van der Waals surface area contributed by atoms with Crippen molar-refractivity contribution in [3.8, 4) is 0 Å². The number of esters is 1. The van der Waals surface area contributed by atoms with E-state index in [1.807, 2.05) is 20.8 Å². The topological polar surface area (TPSA) is 137 Å². The van der Waals surface area contributed by atoms with E-state index >= 15 is 0 Å². The van der Waals surface area contributed by atoms with Gasteiger partial charge in [-0.15, -0.1) is 0 Å². The van der Waals surface area contributed by atoms with Crippen molar-refractivity contribution in [1.82, 2.24) is 0 Å². The van der Waals surface area contributed by atoms with Crippen LogP contribution in [0.15, 0.2) is 12.2 Å². The maximum atomic E-state index is 11.7. The number of carbonyl (C=O) groups is 1. The van der Waals surface area contributed by atoms with Gasteiger partial charge in [0, 0.05) is 19.1 Å². The van der Waals surface area contributed by atoms with Crippen LogP contribution in [0, 0.1) is 0 Å². The molecular weight excluding hydrogens is 320 g/mol. The van der Waals surface area contributed by atoms with Crippen LogP contribution in [0.3, 0.4) is 0 Å². The molecule has 6 atom stereocenters. The average Bonchev–Trinajstić information content (AvgIpc) is 2.56. The van der Waals surface area contributed by atoms with E-state index in [9.17, 15) is 25.2 Å². The molecule has 5 N–H and O–H groups in total. The second-order valence-corrected chi connectivity index (χ2v) is 5.55. The molecule has 8 heteroatoms. The molecular formula is C16H30O8. The standard InChI is InChI=1S/C16H30O8/c1-4-11(8-10(3)23-5-2)24-14(20)7-6-12(18)15(21)16(22)13(19)9-17/h6-7,10-13,15-19,21-22H,4-5,8-9H2,1-3H3/b7-6+. The summed E-state index contributed by atoms with van der Waals surface area (Å²) in [6.07, 6.45) is -4.06. The van der Waals surface area contributed by atoms with Crippen LogP contribution < -0.4 is 0 Å². The number of rotatable bonds is 12. The summed E-state index contributed by atoms with van der Waals surface area (Å²) in [5.41, 5.74) is 0. The number of aliphatic hydroxyl groups is 5. The van der Waals surface area contributed by atoms with Crippen LogP contribution >= 0.6 is 0 Å². The Kier molecular flexibility index (Phi) is 11.8. The highest BCUT2D eigenvalue weighted by Crippen LogP contribution is 2.11. The maximum absolute atomic E-state index is 11.7. The lowest BCUT2D eigenvalue weighted by molar-refractivity contribution is -0.145. The Balaban J connectivity index is 4.49. The first-order valence-electron chi connectivity index (χ1n) is 8.10. The Morgan fingerprint density at radius 3 is 2.25 bits per heavy atom. The molecule has 0 heterocycles. The Morgan fingerprint density at radius 1 is 1.12 bits per heavy atom. The molecule has 0 saturated heterocycles. The summed E-state index contributed by atoms with van der Waals surface area (Å²) in [6, 6.07) is 0. The van der Waals surface area contributed by atoms with Gasteiger partial charge in [0.25, 0.3) is 0 Å². The Hall–Kier alpha value is -1.03. The van der Waals surface area contributed by atoms with Crippen molar-refractivity contribution < 1.29 is 39.8 Å². The van der Waals surface area contributed by atoms with Crippen molar-refractivity contribution in [3.63, 3.8) is 0 Å². The molecule has 0 aliphatic heterocycles. The van der Waals surface area contributed by atoms with Crippen LogP contribution in [-0.4, -0.2) is 81.3 Å². The fourth-order valence-corrected chi connectivity index (χ4v) is 2.05. The van der Waals surface area contributed by atoms with Crippen molar-refractivity contribution in [2.75, 3.05) is 13.2 Å². The van der Waals surface area contributed by atoms with E-state index in [-0.39, 0.29) is 12.2 Å². The van der Waals surface area contributed by atoms with Gasteiger partial charge in [-0.3, -0.25) is 0 Å². The lowest BCUT2D eigenvalue weighted by Crippen LogP contribution is -2.45. The highest BCUT2D eigenvalue weighted by atomic mass is 16.5. The molecule has 0 aromatic carbocycles. The zero-order valence-corrected chi connectivity index (χ0v) is 14.4. The van der Waals surface area contributed by atoms with Crippen molar-refractivity contribution in [2.45, 2.75) is 70.2 Å². The summed E-state index contributed by atoms with van der Waals surface area (Å²) in [5.74, 6) is -0.700. The van der Waals surface area contributed by atoms with Gasteiger partial charge >= 0.3 is 5.97 Å². The lowest BCUT2D eigenvalue weighted by atomic mass is 10.0. The summed E-state index contributed by atoms with van der Waals surface area (Å²) in [4.78, 5) is 11.7. The molecule has 0 aliphatic rings. The smallest absolute Gasteiger partial charge is 0.330 e. The first-order chi connectivity index (χ1) is 11.3. The van der Waals surface area contributed by atoms with Crippen LogP contribution in [0.1, 0.15) is 33.6 Å². The van der Waals surface area contributed by atoms with E-state index in [1.54, 1.807) is 0 Å². The maximum Gasteiger partial charge on any atom is 0.330 e. The number of hydrogen-bond donors (Lipinski definition) is 5. The third-order valence-electron chi connectivity index (χ3n) is 3.49. The van der Waals surface area contributed by atoms with Gasteiger partial charge in [0.2, 0.25) is 0 Å². The minimum atomic E-state index is -1.75. The Bertz CT molecular complexity index is 373. The molecule has 0 radical (unpaired) electrons. The van der Waals surface area contributed by atoms with Crippen molar-refractivity contribution in [3.05, 3.63) is 12.2 Å². The second-order valence-electron chi connectivity index (χ2n) is 5.55. The Morgan fingerprint density at radius 2 is 1.75 bits per heavy atom. The molecule has 0 fully saturated rings. The molecule has 6 unspecified atom stereocenters. The SMILES string of the molecule is CCOC(C)CC(CC)OC(=O)/C=C/C(O)C(O)C(O)C(O)CO. The fourth-order valence-electron chi connectivity index (χ4n) is 2.05. The van der Waals surface area contributed by atoms with Gasteiger partial charge in [0.05, 0.1) is 12.7 Å². The molecule has 8 nitrogen and oxygen atoms in total. The Labute approximate surface area is 142 Å². The summed E-state index contributed by atoms with van der Waals surface area (Å²) < 4.78 is 10.6. The minimum absolute atomic E-state index is 0.0562. The van der Waals surface area contributed by atoms with Crippen LogP contribution in [0.25, 0.3) is 0 Å². The van der Waals surface area contributed by atoms with Crippen molar-refractivity contribution in [2.24, 2.45) is 0 Å². The summed E-state index contributed by atoms with van der Waals surface area (Å²) in [6.45, 7) is 5.42. The number of aliphatic hydroxyl groups excluding tert-OH is 5. The largest absolute Gasteiger partial charge is 0.459 e. The van der Waals surface area contributed by atoms with E-state index in [0.717, 1.165) is 12.2 Å². The second kappa shape index (κ2) is 12.3. The van der Waals surface area contributed by atoms with Crippen LogP contribution in [0.2, 0.25) is 0 Å². The minimum Gasteiger partial charge on any atom is -0.459 e. The molecule has 142 valence electrons. The number of carbonyl (C=O) groups excluding carboxylic acids is 1. The van der Waals surface area contributed by atoms with Crippen molar-refractivity contribution in [1.29, 1.82) is 0 Å². The molecule has 0 aliphatic carbocycles. The predicted octanol–water partition coefficient (Wildman–Crippen LogP) is -0.885. The number of ether oxygens (including phenoxy) is 2. The van der Waals surface area contributed by atoms with Gasteiger partial charge in [0.1, 0.15) is 30.5 Å². The van der Waals surface area contributed by atoms with Gasteiger partial charge in [-0.25, -0.2) is 4.79 Å². The molecule has 0 aromatic heterocycles. The van der Waals surface area contributed by atoms with E-state index in [2.05, 4.69) is 0 Å². The van der Waals surface area contributed by atoms with Gasteiger partial charge in [-0.1, -0.05) is 6.92 Å².